The number of ether oxygens (including phenoxy) is 1. The fraction of sp³-hybridized carbons (Fsp3) is 0.818. The smallest absolute Gasteiger partial charge is 0.328 e. The largest absolute Gasteiger partial charge is 0.464 e. The van der Waals surface area contributed by atoms with E-state index in [1.165, 1.54) is 6.92 Å². The number of esters is 1. The second kappa shape index (κ2) is 7.26. The van der Waals surface area contributed by atoms with Crippen LogP contribution in [0.3, 0.4) is 0 Å². The van der Waals surface area contributed by atoms with Crippen molar-refractivity contribution < 1.29 is 14.3 Å². The Bertz CT molecular complexity index is 216. The van der Waals surface area contributed by atoms with Gasteiger partial charge in [-0.1, -0.05) is 13.3 Å². The van der Waals surface area contributed by atoms with Gasteiger partial charge in [0.2, 0.25) is 5.91 Å². The van der Waals surface area contributed by atoms with Crippen LogP contribution in [0.25, 0.3) is 0 Å². The first-order valence-electron chi connectivity index (χ1n) is 5.48. The molecule has 0 saturated heterocycles. The zero-order valence-electron chi connectivity index (χ0n) is 10.1. The van der Waals surface area contributed by atoms with Crippen molar-refractivity contribution in [2.75, 3.05) is 13.2 Å². The van der Waals surface area contributed by atoms with Gasteiger partial charge in [-0.2, -0.15) is 0 Å². The molecular weight excluding hydrogens is 194 g/mol. The van der Waals surface area contributed by atoms with Gasteiger partial charge in [0.25, 0.3) is 0 Å². The lowest BCUT2D eigenvalue weighted by molar-refractivity contribution is -0.153. The molecule has 15 heavy (non-hydrogen) atoms. The SMILES string of the molecule is CCCCN(C(C)=O)C(C)C(=O)OCC. The molecule has 0 N–H and O–H groups in total. The summed E-state index contributed by atoms with van der Waals surface area (Å²) < 4.78 is 4.88. The van der Waals surface area contributed by atoms with E-state index in [2.05, 4.69) is 0 Å². The molecule has 0 saturated carbocycles. The van der Waals surface area contributed by atoms with Gasteiger partial charge < -0.3 is 9.64 Å². The van der Waals surface area contributed by atoms with E-state index >= 15 is 0 Å². The fourth-order valence-corrected chi connectivity index (χ4v) is 1.34. The van der Waals surface area contributed by atoms with Crippen molar-refractivity contribution >= 4 is 11.9 Å². The standard InChI is InChI=1S/C11H21NO3/c1-5-7-8-12(10(4)13)9(3)11(14)15-6-2/h9H,5-8H2,1-4H3. The van der Waals surface area contributed by atoms with Crippen molar-refractivity contribution in [2.24, 2.45) is 0 Å². The van der Waals surface area contributed by atoms with E-state index in [-0.39, 0.29) is 11.9 Å². The van der Waals surface area contributed by atoms with Crippen LogP contribution in [0, 0.1) is 0 Å². The van der Waals surface area contributed by atoms with Gasteiger partial charge in [0.15, 0.2) is 0 Å². The number of hydrogen-bond donors (Lipinski definition) is 0. The molecular formula is C11H21NO3. The van der Waals surface area contributed by atoms with Gasteiger partial charge in [-0.25, -0.2) is 4.79 Å². The molecule has 4 nitrogen and oxygen atoms in total. The number of unbranched alkanes of at least 4 members (excludes halogenated alkanes) is 1. The highest BCUT2D eigenvalue weighted by atomic mass is 16.5. The Morgan fingerprint density at radius 3 is 2.33 bits per heavy atom. The Morgan fingerprint density at radius 1 is 1.33 bits per heavy atom. The lowest BCUT2D eigenvalue weighted by Crippen LogP contribution is -2.43. The highest BCUT2D eigenvalue weighted by Gasteiger charge is 2.23. The molecule has 0 aromatic carbocycles. The highest BCUT2D eigenvalue weighted by molar-refractivity contribution is 5.82. The van der Waals surface area contributed by atoms with Gasteiger partial charge in [-0.15, -0.1) is 0 Å². The quantitative estimate of drug-likeness (QED) is 0.632. The third-order valence-electron chi connectivity index (χ3n) is 2.25. The van der Waals surface area contributed by atoms with Gasteiger partial charge in [-0.05, 0) is 20.3 Å². The normalized spacial score (nSPS) is 12.0. The molecule has 0 bridgehead atoms. The number of amides is 1. The Hall–Kier alpha value is -1.06. The molecule has 88 valence electrons. The summed E-state index contributed by atoms with van der Waals surface area (Å²) in [6.07, 6.45) is 1.91. The van der Waals surface area contributed by atoms with Crippen LogP contribution in [0.1, 0.15) is 40.5 Å². The average molecular weight is 215 g/mol. The summed E-state index contributed by atoms with van der Waals surface area (Å²) in [5.74, 6) is -0.409. The van der Waals surface area contributed by atoms with Crippen LogP contribution in [-0.2, 0) is 14.3 Å². The maximum absolute atomic E-state index is 11.4. The lowest BCUT2D eigenvalue weighted by atomic mass is 10.2. The average Bonchev–Trinajstić information content (AvgIpc) is 2.18. The van der Waals surface area contributed by atoms with E-state index in [0.29, 0.717) is 13.2 Å². The van der Waals surface area contributed by atoms with Crippen molar-refractivity contribution in [1.29, 1.82) is 0 Å². The molecule has 0 aromatic heterocycles. The molecule has 1 amide bonds. The van der Waals surface area contributed by atoms with Crippen molar-refractivity contribution in [2.45, 2.75) is 46.6 Å². The van der Waals surface area contributed by atoms with Crippen LogP contribution < -0.4 is 0 Å². The van der Waals surface area contributed by atoms with Crippen LogP contribution in [0.5, 0.6) is 0 Å². The topological polar surface area (TPSA) is 46.6 Å². The van der Waals surface area contributed by atoms with Gasteiger partial charge in [0.1, 0.15) is 6.04 Å². The Balaban J connectivity index is 4.33. The number of rotatable bonds is 6. The number of nitrogens with zero attached hydrogens (tertiary/aromatic N) is 1. The van der Waals surface area contributed by atoms with Crippen molar-refractivity contribution in [1.82, 2.24) is 4.90 Å². The van der Waals surface area contributed by atoms with Crippen LogP contribution in [0.15, 0.2) is 0 Å². The predicted octanol–water partition coefficient (Wildman–Crippen LogP) is 1.59. The second-order valence-corrected chi connectivity index (χ2v) is 3.49. The molecule has 0 fully saturated rings. The first-order chi connectivity index (χ1) is 7.04. The van der Waals surface area contributed by atoms with Crippen LogP contribution in [-0.4, -0.2) is 36.0 Å². The van der Waals surface area contributed by atoms with E-state index < -0.39 is 6.04 Å². The third-order valence-corrected chi connectivity index (χ3v) is 2.25. The molecule has 0 radical (unpaired) electrons. The first kappa shape index (κ1) is 13.9. The molecule has 4 heteroatoms. The zero-order valence-corrected chi connectivity index (χ0v) is 10.1. The molecule has 0 aliphatic carbocycles. The van der Waals surface area contributed by atoms with Gasteiger partial charge in [-0.3, -0.25) is 4.79 Å². The monoisotopic (exact) mass is 215 g/mol. The molecule has 1 unspecified atom stereocenters. The van der Waals surface area contributed by atoms with Gasteiger partial charge in [0.05, 0.1) is 6.61 Å². The van der Waals surface area contributed by atoms with E-state index in [4.69, 9.17) is 4.74 Å². The molecule has 0 aliphatic rings. The van der Waals surface area contributed by atoms with Gasteiger partial charge in [0, 0.05) is 13.5 Å². The molecule has 1 atom stereocenters. The van der Waals surface area contributed by atoms with Crippen molar-refractivity contribution in [3.63, 3.8) is 0 Å². The summed E-state index contributed by atoms with van der Waals surface area (Å²) >= 11 is 0. The predicted molar refractivity (Wildman–Crippen MR) is 58.4 cm³/mol. The summed E-state index contributed by atoms with van der Waals surface area (Å²) in [5.41, 5.74) is 0. The Labute approximate surface area is 91.6 Å². The van der Waals surface area contributed by atoms with E-state index in [9.17, 15) is 9.59 Å². The minimum atomic E-state index is -0.478. The summed E-state index contributed by atoms with van der Waals surface area (Å²) in [6, 6.07) is -0.478. The highest BCUT2D eigenvalue weighted by Crippen LogP contribution is 2.04. The lowest BCUT2D eigenvalue weighted by Gasteiger charge is -2.26. The Morgan fingerprint density at radius 2 is 1.93 bits per heavy atom. The molecule has 0 heterocycles. The number of carbonyl (C=O) groups excluding carboxylic acids is 2. The molecule has 0 aromatic rings. The Kier molecular flexibility index (Phi) is 6.75. The molecule has 0 spiro atoms. The molecule has 0 aliphatic heterocycles. The summed E-state index contributed by atoms with van der Waals surface area (Å²) in [5, 5.41) is 0. The fourth-order valence-electron chi connectivity index (χ4n) is 1.34. The van der Waals surface area contributed by atoms with Crippen LogP contribution in [0.2, 0.25) is 0 Å². The minimum Gasteiger partial charge on any atom is -0.464 e. The number of hydrogen-bond acceptors (Lipinski definition) is 3. The van der Waals surface area contributed by atoms with E-state index in [0.717, 1.165) is 12.8 Å². The number of carbonyl (C=O) groups is 2. The zero-order chi connectivity index (χ0) is 11.8. The maximum atomic E-state index is 11.4. The second-order valence-electron chi connectivity index (χ2n) is 3.49. The third kappa shape index (κ3) is 4.81. The van der Waals surface area contributed by atoms with E-state index in [1.807, 2.05) is 6.92 Å². The summed E-state index contributed by atoms with van der Waals surface area (Å²) in [7, 11) is 0. The summed E-state index contributed by atoms with van der Waals surface area (Å²) in [4.78, 5) is 24.3. The summed E-state index contributed by atoms with van der Waals surface area (Å²) in [6.45, 7) is 7.96. The molecule has 0 rings (SSSR count). The minimum absolute atomic E-state index is 0.0796. The van der Waals surface area contributed by atoms with Gasteiger partial charge >= 0.3 is 5.97 Å². The van der Waals surface area contributed by atoms with E-state index in [1.54, 1.807) is 18.7 Å². The first-order valence-corrected chi connectivity index (χ1v) is 5.48. The maximum Gasteiger partial charge on any atom is 0.328 e. The van der Waals surface area contributed by atoms with Crippen LogP contribution in [0.4, 0.5) is 0 Å². The van der Waals surface area contributed by atoms with Crippen LogP contribution >= 0.6 is 0 Å². The van der Waals surface area contributed by atoms with Crippen molar-refractivity contribution in [3.8, 4) is 0 Å². The van der Waals surface area contributed by atoms with Crippen molar-refractivity contribution in [3.05, 3.63) is 0 Å².